The van der Waals surface area contributed by atoms with E-state index in [1.165, 1.54) is 6.20 Å². The van der Waals surface area contributed by atoms with Crippen molar-refractivity contribution >= 4 is 11.6 Å². The van der Waals surface area contributed by atoms with E-state index >= 15 is 0 Å². The van der Waals surface area contributed by atoms with Crippen molar-refractivity contribution < 1.29 is 27.8 Å². The van der Waals surface area contributed by atoms with E-state index in [0.29, 0.717) is 17.7 Å². The molecule has 7 nitrogen and oxygen atoms in total. The highest BCUT2D eigenvalue weighted by molar-refractivity contribution is 6.03. The van der Waals surface area contributed by atoms with Crippen LogP contribution in [0.5, 0.6) is 0 Å². The number of halogens is 3. The summed E-state index contributed by atoms with van der Waals surface area (Å²) in [6.45, 7) is 0. The van der Waals surface area contributed by atoms with Crippen LogP contribution >= 0.6 is 0 Å². The van der Waals surface area contributed by atoms with Gasteiger partial charge in [0.25, 0.3) is 5.91 Å². The van der Waals surface area contributed by atoms with E-state index in [1.54, 1.807) is 12.3 Å². The van der Waals surface area contributed by atoms with E-state index < -0.39 is 59.0 Å². The molecule has 0 bridgehead atoms. The van der Waals surface area contributed by atoms with Gasteiger partial charge in [0.2, 0.25) is 0 Å². The summed E-state index contributed by atoms with van der Waals surface area (Å²) in [5, 5.41) is 13.1. The van der Waals surface area contributed by atoms with E-state index in [4.69, 9.17) is 10.5 Å². The number of nitrogens with two attached hydrogens (primary N) is 1. The first-order valence-electron chi connectivity index (χ1n) is 11.3. The summed E-state index contributed by atoms with van der Waals surface area (Å²) in [5.74, 6) is -3.44. The first kappa shape index (κ1) is 23.4. The summed E-state index contributed by atoms with van der Waals surface area (Å²) in [6.07, 6.45) is 3.60. The zero-order valence-electron chi connectivity index (χ0n) is 18.5. The molecule has 1 saturated carbocycles. The molecule has 2 aliphatic rings. The number of rotatable bonds is 5. The molecule has 0 unspecified atom stereocenters. The van der Waals surface area contributed by atoms with Gasteiger partial charge in [-0.2, -0.15) is 0 Å². The van der Waals surface area contributed by atoms with Crippen molar-refractivity contribution in [3.8, 4) is 11.3 Å². The monoisotopic (exact) mass is 484 g/mol. The molecule has 5 rings (SSSR count). The maximum atomic E-state index is 14.4. The molecule has 1 aromatic carbocycles. The Morgan fingerprint density at radius 1 is 1.09 bits per heavy atom. The zero-order chi connectivity index (χ0) is 24.7. The molecule has 10 heteroatoms. The molecule has 1 saturated heterocycles. The number of ether oxygens (including phenoxy) is 1. The predicted octanol–water partition coefficient (Wildman–Crippen LogP) is 3.74. The maximum Gasteiger partial charge on any atom is 0.274 e. The van der Waals surface area contributed by atoms with Gasteiger partial charge >= 0.3 is 0 Å². The van der Waals surface area contributed by atoms with Gasteiger partial charge < -0.3 is 20.9 Å². The summed E-state index contributed by atoms with van der Waals surface area (Å²) in [5.41, 5.74) is 5.60. The number of hydrogen-bond acceptors (Lipinski definition) is 6. The number of aliphatic hydroxyl groups excluding tert-OH is 1. The minimum absolute atomic E-state index is 0.244. The number of nitrogens with zero attached hydrogens (tertiary/aromatic N) is 2. The molecular weight excluding hydrogens is 461 g/mol. The first-order chi connectivity index (χ1) is 16.8. The van der Waals surface area contributed by atoms with Crippen LogP contribution in [0.2, 0.25) is 0 Å². The van der Waals surface area contributed by atoms with Gasteiger partial charge in [0.05, 0.1) is 35.8 Å². The lowest BCUT2D eigenvalue weighted by atomic mass is 9.90. The molecule has 4 N–H and O–H groups in total. The third-order valence-corrected chi connectivity index (χ3v) is 6.40. The zero-order valence-corrected chi connectivity index (χ0v) is 18.5. The standard InChI is InChI=1S/C25H23F3N4O3/c26-14-2-1-3-15(27)21(14)22-16(28)6-7-18(31-22)25(34)32-19-11-30-9-8-13(19)20-10-17(29)23(33)24(35-20)12-4-5-12/h1-3,6-9,11-12,17,20,23-24,33H,4-5,10,29H2,(H,32,34)/t17-,20-,23+,24-/m1/s1. The largest absolute Gasteiger partial charge is 0.389 e. The minimum atomic E-state index is -0.998. The third-order valence-electron chi connectivity index (χ3n) is 6.40. The summed E-state index contributed by atoms with van der Waals surface area (Å²) < 4.78 is 49.0. The Hall–Kier alpha value is -3.34. The molecule has 2 aromatic heterocycles. The highest BCUT2D eigenvalue weighted by Crippen LogP contribution is 2.43. The normalized spacial score (nSPS) is 24.3. The van der Waals surface area contributed by atoms with E-state index in [2.05, 4.69) is 15.3 Å². The van der Waals surface area contributed by atoms with Crippen LogP contribution in [0.1, 0.15) is 41.4 Å². The number of aliphatic hydroxyl groups is 1. The topological polar surface area (TPSA) is 110 Å². The second kappa shape index (κ2) is 9.37. The SMILES string of the molecule is N[C@@H]1C[C@H](c2ccncc2NC(=O)c2ccc(F)c(-c3c(F)cccc3F)n2)O[C@H](C2CC2)[C@H]1O. The Labute approximate surface area is 199 Å². The van der Waals surface area contributed by atoms with Crippen molar-refractivity contribution in [3.05, 3.63) is 77.5 Å². The van der Waals surface area contributed by atoms with Crippen LogP contribution in [-0.4, -0.2) is 39.2 Å². The maximum absolute atomic E-state index is 14.4. The van der Waals surface area contributed by atoms with E-state index in [9.17, 15) is 23.1 Å². The lowest BCUT2D eigenvalue weighted by molar-refractivity contribution is -0.136. The molecule has 35 heavy (non-hydrogen) atoms. The number of aromatic nitrogens is 2. The van der Waals surface area contributed by atoms with Crippen molar-refractivity contribution in [3.63, 3.8) is 0 Å². The van der Waals surface area contributed by atoms with Crippen molar-refractivity contribution in [2.75, 3.05) is 5.32 Å². The number of hydrogen-bond donors (Lipinski definition) is 3. The van der Waals surface area contributed by atoms with Crippen LogP contribution in [0.25, 0.3) is 11.3 Å². The number of carbonyl (C=O) groups excluding carboxylic acids is 1. The Bertz CT molecular complexity index is 1250. The number of pyridine rings is 2. The van der Waals surface area contributed by atoms with Gasteiger partial charge in [0.1, 0.15) is 28.8 Å². The molecule has 3 heterocycles. The number of nitrogens with one attached hydrogen (secondary N) is 1. The van der Waals surface area contributed by atoms with Gasteiger partial charge in [-0.3, -0.25) is 9.78 Å². The third kappa shape index (κ3) is 4.64. The van der Waals surface area contributed by atoms with Gasteiger partial charge in [0, 0.05) is 17.8 Å². The second-order valence-electron chi connectivity index (χ2n) is 8.86. The average molecular weight is 484 g/mol. The van der Waals surface area contributed by atoms with Crippen LogP contribution in [0.15, 0.2) is 48.8 Å². The predicted molar refractivity (Wildman–Crippen MR) is 121 cm³/mol. The molecule has 1 amide bonds. The number of carbonyl (C=O) groups is 1. The fourth-order valence-electron chi connectivity index (χ4n) is 4.42. The molecule has 2 fully saturated rings. The Balaban J connectivity index is 1.42. The van der Waals surface area contributed by atoms with Crippen LogP contribution in [0, 0.1) is 23.4 Å². The van der Waals surface area contributed by atoms with E-state index in [-0.39, 0.29) is 11.6 Å². The quantitative estimate of drug-likeness (QED) is 0.509. The average Bonchev–Trinajstić information content (AvgIpc) is 3.67. The smallest absolute Gasteiger partial charge is 0.274 e. The summed E-state index contributed by atoms with van der Waals surface area (Å²) in [6, 6.07) is 6.36. The molecule has 0 radical (unpaired) electrons. The molecule has 4 atom stereocenters. The number of benzene rings is 1. The molecular formula is C25H23F3N4O3. The van der Waals surface area contributed by atoms with Gasteiger partial charge in [-0.1, -0.05) is 6.07 Å². The first-order valence-corrected chi connectivity index (χ1v) is 11.3. The van der Waals surface area contributed by atoms with Gasteiger partial charge in [-0.15, -0.1) is 0 Å². The van der Waals surface area contributed by atoms with Crippen LogP contribution < -0.4 is 11.1 Å². The van der Waals surface area contributed by atoms with Crippen molar-refractivity contribution in [2.24, 2.45) is 11.7 Å². The van der Waals surface area contributed by atoms with E-state index in [1.807, 2.05) is 0 Å². The number of anilines is 1. The second-order valence-corrected chi connectivity index (χ2v) is 8.86. The van der Waals surface area contributed by atoms with Crippen LogP contribution in [0.3, 0.4) is 0 Å². The molecule has 0 spiro atoms. The Morgan fingerprint density at radius 2 is 1.83 bits per heavy atom. The molecule has 1 aliphatic carbocycles. The van der Waals surface area contributed by atoms with Crippen LogP contribution in [0.4, 0.5) is 18.9 Å². The molecule has 182 valence electrons. The summed E-state index contributed by atoms with van der Waals surface area (Å²) in [7, 11) is 0. The van der Waals surface area contributed by atoms with Crippen LogP contribution in [-0.2, 0) is 4.74 Å². The summed E-state index contributed by atoms with van der Waals surface area (Å²) >= 11 is 0. The lowest BCUT2D eigenvalue weighted by Gasteiger charge is -2.38. The Morgan fingerprint density at radius 3 is 2.54 bits per heavy atom. The Kier molecular flexibility index (Phi) is 6.26. The fourth-order valence-corrected chi connectivity index (χ4v) is 4.42. The van der Waals surface area contributed by atoms with Gasteiger partial charge in [-0.25, -0.2) is 18.2 Å². The van der Waals surface area contributed by atoms with Crippen molar-refractivity contribution in [1.29, 1.82) is 0 Å². The lowest BCUT2D eigenvalue weighted by Crippen LogP contribution is -2.50. The molecule has 3 aromatic rings. The highest BCUT2D eigenvalue weighted by Gasteiger charge is 2.45. The van der Waals surface area contributed by atoms with Crippen molar-refractivity contribution in [2.45, 2.75) is 43.6 Å². The number of amides is 1. The van der Waals surface area contributed by atoms with Gasteiger partial charge in [-0.05, 0) is 55.5 Å². The van der Waals surface area contributed by atoms with Gasteiger partial charge in [0.15, 0.2) is 0 Å². The van der Waals surface area contributed by atoms with E-state index in [0.717, 1.165) is 43.2 Å². The van der Waals surface area contributed by atoms with Crippen molar-refractivity contribution in [1.82, 2.24) is 9.97 Å². The fraction of sp³-hybridized carbons (Fsp3) is 0.320. The molecule has 1 aliphatic heterocycles. The minimum Gasteiger partial charge on any atom is -0.389 e. The summed E-state index contributed by atoms with van der Waals surface area (Å²) in [4.78, 5) is 21.0. The highest BCUT2D eigenvalue weighted by atomic mass is 19.1.